The van der Waals surface area contributed by atoms with Gasteiger partial charge in [0, 0.05) is 6.04 Å². The molecule has 0 saturated carbocycles. The molecule has 0 unspecified atom stereocenters. The first-order valence-corrected chi connectivity index (χ1v) is 5.03. The molecule has 0 saturated heterocycles. The number of hydrogen-bond acceptors (Lipinski definition) is 2. The predicted octanol–water partition coefficient (Wildman–Crippen LogP) is 3.00. The highest BCUT2D eigenvalue weighted by atomic mass is 35.5. The quantitative estimate of drug-likeness (QED) is 0.838. The van der Waals surface area contributed by atoms with E-state index >= 15 is 0 Å². The Bertz CT molecular complexity index is 312. The molecule has 0 spiro atoms. The first-order chi connectivity index (χ1) is 6.57. The van der Waals surface area contributed by atoms with Gasteiger partial charge in [0.25, 0.3) is 0 Å². The van der Waals surface area contributed by atoms with E-state index in [1.807, 2.05) is 18.2 Å². The fourth-order valence-corrected chi connectivity index (χ4v) is 1.63. The molecule has 14 heavy (non-hydrogen) atoms. The van der Waals surface area contributed by atoms with Gasteiger partial charge in [0.15, 0.2) is 0 Å². The van der Waals surface area contributed by atoms with Crippen molar-refractivity contribution in [2.75, 3.05) is 7.11 Å². The smallest absolute Gasteiger partial charge is 0.137 e. The Hall–Kier alpha value is -0.730. The van der Waals surface area contributed by atoms with Gasteiger partial charge in [0.1, 0.15) is 5.75 Å². The largest absolute Gasteiger partial charge is 0.495 e. The maximum absolute atomic E-state index is 6.14. The molecule has 1 aromatic rings. The summed E-state index contributed by atoms with van der Waals surface area (Å²) in [7, 11) is 1.60. The summed E-state index contributed by atoms with van der Waals surface area (Å²) in [6.45, 7) is 4.14. The molecule has 1 atom stereocenters. The molecule has 0 fully saturated rings. The number of ether oxygens (including phenoxy) is 1. The van der Waals surface area contributed by atoms with Crippen molar-refractivity contribution in [3.8, 4) is 5.75 Å². The van der Waals surface area contributed by atoms with Gasteiger partial charge in [-0.15, -0.1) is 0 Å². The van der Waals surface area contributed by atoms with Crippen molar-refractivity contribution in [1.29, 1.82) is 0 Å². The molecule has 0 aliphatic rings. The van der Waals surface area contributed by atoms with Crippen molar-refractivity contribution in [2.24, 2.45) is 11.7 Å². The number of hydrogen-bond donors (Lipinski definition) is 1. The van der Waals surface area contributed by atoms with Crippen LogP contribution in [0, 0.1) is 5.92 Å². The Morgan fingerprint density at radius 3 is 2.50 bits per heavy atom. The Morgan fingerprint density at radius 1 is 1.36 bits per heavy atom. The van der Waals surface area contributed by atoms with E-state index in [9.17, 15) is 0 Å². The number of halogens is 1. The van der Waals surface area contributed by atoms with Crippen LogP contribution in [0.3, 0.4) is 0 Å². The second-order valence-corrected chi connectivity index (χ2v) is 4.01. The average Bonchev–Trinajstić information content (AvgIpc) is 2.17. The molecule has 0 amide bonds. The van der Waals surface area contributed by atoms with Crippen LogP contribution < -0.4 is 10.5 Å². The zero-order chi connectivity index (χ0) is 10.7. The third-order valence-corrected chi connectivity index (χ3v) is 2.69. The van der Waals surface area contributed by atoms with E-state index in [-0.39, 0.29) is 6.04 Å². The monoisotopic (exact) mass is 213 g/mol. The van der Waals surface area contributed by atoms with E-state index in [0.29, 0.717) is 16.7 Å². The van der Waals surface area contributed by atoms with E-state index in [1.165, 1.54) is 0 Å². The molecule has 0 radical (unpaired) electrons. The Kier molecular flexibility index (Phi) is 3.78. The van der Waals surface area contributed by atoms with Gasteiger partial charge in [-0.25, -0.2) is 0 Å². The van der Waals surface area contributed by atoms with Crippen molar-refractivity contribution in [2.45, 2.75) is 19.9 Å². The maximum Gasteiger partial charge on any atom is 0.137 e. The Balaban J connectivity index is 3.09. The van der Waals surface area contributed by atoms with Crippen molar-refractivity contribution in [3.63, 3.8) is 0 Å². The first kappa shape index (κ1) is 11.3. The van der Waals surface area contributed by atoms with Crippen LogP contribution >= 0.6 is 11.6 Å². The Morgan fingerprint density at radius 2 is 2.00 bits per heavy atom. The van der Waals surface area contributed by atoms with Crippen molar-refractivity contribution < 1.29 is 4.74 Å². The third kappa shape index (κ3) is 2.20. The molecule has 0 aromatic heterocycles. The standard InChI is InChI=1S/C11H16ClNO/c1-7(2)11(13)8-5-4-6-9(14-3)10(8)12/h4-7,11H,13H2,1-3H3/t11-/m1/s1. The number of nitrogens with two attached hydrogens (primary N) is 1. The molecule has 2 nitrogen and oxygen atoms in total. The SMILES string of the molecule is COc1cccc([C@H](N)C(C)C)c1Cl. The Labute approximate surface area is 90.0 Å². The summed E-state index contributed by atoms with van der Waals surface area (Å²) in [6.07, 6.45) is 0. The molecule has 2 N–H and O–H groups in total. The summed E-state index contributed by atoms with van der Waals surface area (Å²) in [6, 6.07) is 5.63. The lowest BCUT2D eigenvalue weighted by Gasteiger charge is -2.18. The van der Waals surface area contributed by atoms with Gasteiger partial charge < -0.3 is 10.5 Å². The predicted molar refractivity (Wildman–Crippen MR) is 59.8 cm³/mol. The summed E-state index contributed by atoms with van der Waals surface area (Å²) in [5.41, 5.74) is 6.97. The lowest BCUT2D eigenvalue weighted by atomic mass is 9.97. The van der Waals surface area contributed by atoms with E-state index in [2.05, 4.69) is 13.8 Å². The van der Waals surface area contributed by atoms with Crippen LogP contribution in [0.2, 0.25) is 5.02 Å². The minimum absolute atomic E-state index is 0.0439. The van der Waals surface area contributed by atoms with Gasteiger partial charge in [-0.05, 0) is 17.5 Å². The molecule has 1 rings (SSSR count). The summed E-state index contributed by atoms with van der Waals surface area (Å²) >= 11 is 6.14. The lowest BCUT2D eigenvalue weighted by Crippen LogP contribution is -2.17. The average molecular weight is 214 g/mol. The van der Waals surface area contributed by atoms with Gasteiger partial charge in [0.2, 0.25) is 0 Å². The summed E-state index contributed by atoms with van der Waals surface area (Å²) in [4.78, 5) is 0. The third-order valence-electron chi connectivity index (χ3n) is 2.29. The second-order valence-electron chi connectivity index (χ2n) is 3.63. The van der Waals surface area contributed by atoms with Gasteiger partial charge >= 0.3 is 0 Å². The van der Waals surface area contributed by atoms with E-state index in [4.69, 9.17) is 22.1 Å². The van der Waals surface area contributed by atoms with Crippen molar-refractivity contribution in [1.82, 2.24) is 0 Å². The summed E-state index contributed by atoms with van der Waals surface area (Å²) in [5, 5.41) is 0.621. The number of methoxy groups -OCH3 is 1. The van der Waals surface area contributed by atoms with Crippen LogP contribution in [0.5, 0.6) is 5.75 Å². The molecule has 3 heteroatoms. The summed E-state index contributed by atoms with van der Waals surface area (Å²) in [5.74, 6) is 1.04. The molecule has 0 bridgehead atoms. The lowest BCUT2D eigenvalue weighted by molar-refractivity contribution is 0.412. The van der Waals surface area contributed by atoms with Crippen LogP contribution in [-0.4, -0.2) is 7.11 Å². The molecular formula is C11H16ClNO. The number of rotatable bonds is 3. The van der Waals surface area contributed by atoms with E-state index in [0.717, 1.165) is 5.56 Å². The molecule has 0 aliphatic carbocycles. The summed E-state index contributed by atoms with van der Waals surface area (Å²) < 4.78 is 5.13. The van der Waals surface area contributed by atoms with Gasteiger partial charge in [-0.1, -0.05) is 37.6 Å². The normalized spacial score (nSPS) is 13.0. The minimum Gasteiger partial charge on any atom is -0.495 e. The highest BCUT2D eigenvalue weighted by Gasteiger charge is 2.15. The van der Waals surface area contributed by atoms with Gasteiger partial charge in [0.05, 0.1) is 12.1 Å². The minimum atomic E-state index is -0.0439. The first-order valence-electron chi connectivity index (χ1n) is 4.66. The van der Waals surface area contributed by atoms with Crippen LogP contribution in [-0.2, 0) is 0 Å². The second kappa shape index (κ2) is 4.67. The maximum atomic E-state index is 6.14. The van der Waals surface area contributed by atoms with E-state index < -0.39 is 0 Å². The molecule has 0 heterocycles. The zero-order valence-corrected chi connectivity index (χ0v) is 9.51. The molecular weight excluding hydrogens is 198 g/mol. The van der Waals surface area contributed by atoms with Gasteiger partial charge in [-0.2, -0.15) is 0 Å². The van der Waals surface area contributed by atoms with Crippen molar-refractivity contribution >= 4 is 11.6 Å². The molecule has 78 valence electrons. The molecule has 0 aliphatic heterocycles. The van der Waals surface area contributed by atoms with Crippen molar-refractivity contribution in [3.05, 3.63) is 28.8 Å². The molecule has 1 aromatic carbocycles. The van der Waals surface area contributed by atoms with Crippen LogP contribution in [0.25, 0.3) is 0 Å². The van der Waals surface area contributed by atoms with Gasteiger partial charge in [-0.3, -0.25) is 0 Å². The highest BCUT2D eigenvalue weighted by Crippen LogP contribution is 2.33. The van der Waals surface area contributed by atoms with Crippen LogP contribution in [0.15, 0.2) is 18.2 Å². The van der Waals surface area contributed by atoms with Crippen LogP contribution in [0.4, 0.5) is 0 Å². The zero-order valence-electron chi connectivity index (χ0n) is 8.75. The fraction of sp³-hybridized carbons (Fsp3) is 0.455. The topological polar surface area (TPSA) is 35.2 Å². The van der Waals surface area contributed by atoms with Crippen LogP contribution in [0.1, 0.15) is 25.5 Å². The number of benzene rings is 1. The fourth-order valence-electron chi connectivity index (χ4n) is 1.30. The highest BCUT2D eigenvalue weighted by molar-refractivity contribution is 6.32. The van der Waals surface area contributed by atoms with E-state index in [1.54, 1.807) is 7.11 Å².